The maximum absolute atomic E-state index is 11.8. The van der Waals surface area contributed by atoms with Crippen LogP contribution in [0.5, 0.6) is 0 Å². The number of carbonyl (C=O) groups excluding carboxylic acids is 1. The second kappa shape index (κ2) is 7.13. The monoisotopic (exact) mass is 285 g/mol. The Kier molecular flexibility index (Phi) is 5.82. The first-order valence-electron chi connectivity index (χ1n) is 6.18. The summed E-state index contributed by atoms with van der Waals surface area (Å²) < 4.78 is 0. The highest BCUT2D eigenvalue weighted by molar-refractivity contribution is 6.32. The summed E-state index contributed by atoms with van der Waals surface area (Å²) in [5.41, 5.74) is 0. The molecule has 19 heavy (non-hydrogen) atoms. The zero-order chi connectivity index (χ0) is 14.4. The van der Waals surface area contributed by atoms with Crippen LogP contribution in [-0.2, 0) is 4.79 Å². The van der Waals surface area contributed by atoms with Gasteiger partial charge < -0.3 is 16.0 Å². The zero-order valence-corrected chi connectivity index (χ0v) is 12.4. The number of halogens is 1. The fourth-order valence-corrected chi connectivity index (χ4v) is 1.46. The van der Waals surface area contributed by atoms with Crippen LogP contribution in [0.25, 0.3) is 0 Å². The maximum Gasteiger partial charge on any atom is 0.242 e. The van der Waals surface area contributed by atoms with Gasteiger partial charge in [0.15, 0.2) is 5.82 Å². The smallest absolute Gasteiger partial charge is 0.242 e. The molecule has 6 nitrogen and oxygen atoms in total. The van der Waals surface area contributed by atoms with Crippen LogP contribution in [0.2, 0.25) is 5.02 Å². The summed E-state index contributed by atoms with van der Waals surface area (Å²) >= 11 is 5.98. The Balaban J connectivity index is 2.65. The Morgan fingerprint density at radius 2 is 2.11 bits per heavy atom. The molecule has 7 heteroatoms. The number of anilines is 2. The van der Waals surface area contributed by atoms with Gasteiger partial charge in [-0.2, -0.15) is 4.98 Å². The van der Waals surface area contributed by atoms with Gasteiger partial charge in [-0.3, -0.25) is 4.79 Å². The van der Waals surface area contributed by atoms with Crippen molar-refractivity contribution in [2.24, 2.45) is 5.92 Å². The minimum absolute atomic E-state index is 0.0885. The van der Waals surface area contributed by atoms with Crippen LogP contribution >= 0.6 is 11.6 Å². The molecule has 0 aliphatic heterocycles. The van der Waals surface area contributed by atoms with Gasteiger partial charge in [-0.15, -0.1) is 0 Å². The molecule has 0 radical (unpaired) electrons. The molecule has 1 aromatic rings. The average molecular weight is 286 g/mol. The number of amides is 1. The molecule has 1 rings (SSSR count). The Bertz CT molecular complexity index is 438. The van der Waals surface area contributed by atoms with Crippen molar-refractivity contribution in [3.63, 3.8) is 0 Å². The molecule has 0 saturated heterocycles. The van der Waals surface area contributed by atoms with Crippen LogP contribution in [0.1, 0.15) is 20.8 Å². The average Bonchev–Trinajstić information content (AvgIpc) is 2.38. The molecule has 0 aliphatic carbocycles. The largest absolute Gasteiger partial charge is 0.357 e. The lowest BCUT2D eigenvalue weighted by Crippen LogP contribution is -2.39. The number of carbonyl (C=O) groups is 1. The zero-order valence-electron chi connectivity index (χ0n) is 11.6. The lowest BCUT2D eigenvalue weighted by Gasteiger charge is -2.16. The van der Waals surface area contributed by atoms with Crippen LogP contribution in [0, 0.1) is 5.92 Å². The van der Waals surface area contributed by atoms with E-state index in [9.17, 15) is 4.79 Å². The van der Waals surface area contributed by atoms with Gasteiger partial charge >= 0.3 is 0 Å². The van der Waals surface area contributed by atoms with Crippen molar-refractivity contribution in [1.82, 2.24) is 15.3 Å². The van der Waals surface area contributed by atoms with Crippen molar-refractivity contribution in [2.75, 3.05) is 24.2 Å². The normalized spacial score (nSPS) is 12.1. The molecule has 0 bridgehead atoms. The number of hydrogen-bond acceptors (Lipinski definition) is 5. The summed E-state index contributed by atoms with van der Waals surface area (Å²) in [6, 6.07) is -0.421. The molecule has 0 saturated carbocycles. The van der Waals surface area contributed by atoms with E-state index in [-0.39, 0.29) is 5.91 Å². The van der Waals surface area contributed by atoms with Crippen molar-refractivity contribution in [1.29, 1.82) is 0 Å². The van der Waals surface area contributed by atoms with E-state index < -0.39 is 6.04 Å². The summed E-state index contributed by atoms with van der Waals surface area (Å²) in [5, 5.41) is 9.01. The van der Waals surface area contributed by atoms with E-state index in [4.69, 9.17) is 11.6 Å². The van der Waals surface area contributed by atoms with Crippen molar-refractivity contribution in [3.05, 3.63) is 11.2 Å². The summed E-state index contributed by atoms with van der Waals surface area (Å²) in [6.45, 7) is 6.48. The molecule has 1 amide bonds. The van der Waals surface area contributed by atoms with Gasteiger partial charge in [0.1, 0.15) is 11.1 Å². The van der Waals surface area contributed by atoms with Gasteiger partial charge in [-0.25, -0.2) is 4.98 Å². The topological polar surface area (TPSA) is 78.9 Å². The van der Waals surface area contributed by atoms with Gasteiger partial charge in [0, 0.05) is 13.6 Å². The van der Waals surface area contributed by atoms with Crippen molar-refractivity contribution in [2.45, 2.75) is 26.8 Å². The molecule has 1 atom stereocenters. The highest BCUT2D eigenvalue weighted by atomic mass is 35.5. The number of aromatic nitrogens is 2. The molecule has 0 aromatic carbocycles. The molecule has 1 aromatic heterocycles. The van der Waals surface area contributed by atoms with Crippen LogP contribution in [0.3, 0.4) is 0 Å². The Morgan fingerprint density at radius 3 is 2.68 bits per heavy atom. The second-order valence-corrected chi connectivity index (χ2v) is 5.05. The minimum atomic E-state index is -0.421. The third-order valence-corrected chi connectivity index (χ3v) is 2.68. The lowest BCUT2D eigenvalue weighted by atomic mass is 10.2. The van der Waals surface area contributed by atoms with E-state index in [1.54, 1.807) is 14.0 Å². The summed E-state index contributed by atoms with van der Waals surface area (Å²) in [7, 11) is 1.71. The Labute approximate surface area is 118 Å². The highest BCUT2D eigenvalue weighted by Crippen LogP contribution is 2.19. The van der Waals surface area contributed by atoms with Crippen molar-refractivity contribution in [3.8, 4) is 0 Å². The van der Waals surface area contributed by atoms with Gasteiger partial charge in [0.25, 0.3) is 0 Å². The second-order valence-electron chi connectivity index (χ2n) is 4.65. The van der Waals surface area contributed by atoms with Crippen LogP contribution < -0.4 is 16.0 Å². The van der Waals surface area contributed by atoms with Crippen LogP contribution in [0.4, 0.5) is 11.8 Å². The lowest BCUT2D eigenvalue weighted by molar-refractivity contribution is -0.121. The first kappa shape index (κ1) is 15.5. The van der Waals surface area contributed by atoms with E-state index in [1.807, 2.05) is 13.8 Å². The molecule has 1 unspecified atom stereocenters. The molecule has 0 spiro atoms. The molecule has 0 aliphatic rings. The fourth-order valence-electron chi connectivity index (χ4n) is 1.32. The number of nitrogens with zero attached hydrogens (tertiary/aromatic N) is 2. The molecule has 0 fully saturated rings. The molecular formula is C12H20ClN5O. The quantitative estimate of drug-likeness (QED) is 0.742. The van der Waals surface area contributed by atoms with Gasteiger partial charge in [-0.1, -0.05) is 25.4 Å². The molecule has 106 valence electrons. The van der Waals surface area contributed by atoms with Crippen LogP contribution in [-0.4, -0.2) is 35.5 Å². The Hall–Kier alpha value is -1.56. The van der Waals surface area contributed by atoms with E-state index in [0.717, 1.165) is 0 Å². The minimum Gasteiger partial charge on any atom is -0.357 e. The van der Waals surface area contributed by atoms with Crippen LogP contribution in [0.15, 0.2) is 6.20 Å². The van der Waals surface area contributed by atoms with Crippen molar-refractivity contribution >= 4 is 29.3 Å². The molecular weight excluding hydrogens is 266 g/mol. The first-order chi connectivity index (χ1) is 8.93. The Morgan fingerprint density at radius 1 is 1.42 bits per heavy atom. The molecule has 3 N–H and O–H groups in total. The predicted molar refractivity (Wildman–Crippen MR) is 77.5 cm³/mol. The fraction of sp³-hybridized carbons (Fsp3) is 0.583. The third kappa shape index (κ3) is 4.90. The highest BCUT2D eigenvalue weighted by Gasteiger charge is 2.15. The van der Waals surface area contributed by atoms with Gasteiger partial charge in [0.2, 0.25) is 11.9 Å². The standard InChI is InChI=1S/C12H20ClN5O/c1-7(2)5-15-11(19)8(3)17-10-9(13)6-16-12(14-4)18-10/h6-8H,5H2,1-4H3,(H,15,19)(H2,14,16,17,18). The predicted octanol–water partition coefficient (Wildman–Crippen LogP) is 1.74. The van der Waals surface area contributed by atoms with Crippen molar-refractivity contribution < 1.29 is 4.79 Å². The summed E-state index contributed by atoms with van der Waals surface area (Å²) in [6.07, 6.45) is 1.49. The van der Waals surface area contributed by atoms with E-state index in [2.05, 4.69) is 25.9 Å². The maximum atomic E-state index is 11.8. The number of hydrogen-bond donors (Lipinski definition) is 3. The van der Waals surface area contributed by atoms with E-state index >= 15 is 0 Å². The summed E-state index contributed by atoms with van der Waals surface area (Å²) in [5.74, 6) is 1.21. The SMILES string of the molecule is CNc1ncc(Cl)c(NC(C)C(=O)NCC(C)C)n1. The van der Waals surface area contributed by atoms with E-state index in [1.165, 1.54) is 6.20 Å². The third-order valence-electron chi connectivity index (χ3n) is 2.40. The van der Waals surface area contributed by atoms with Gasteiger partial charge in [-0.05, 0) is 12.8 Å². The number of nitrogens with one attached hydrogen (secondary N) is 3. The first-order valence-corrected chi connectivity index (χ1v) is 6.56. The molecule has 1 heterocycles. The van der Waals surface area contributed by atoms with E-state index in [0.29, 0.717) is 29.3 Å². The van der Waals surface area contributed by atoms with Gasteiger partial charge in [0.05, 0.1) is 6.20 Å². The number of rotatable bonds is 6. The summed E-state index contributed by atoms with van der Waals surface area (Å²) in [4.78, 5) is 20.0.